The number of anilines is 1. The molecule has 9 nitrogen and oxygen atoms in total. The Hall–Kier alpha value is -2.68. The van der Waals surface area contributed by atoms with E-state index in [2.05, 4.69) is 0 Å². The molecule has 21 heavy (non-hydrogen) atoms. The topological polar surface area (TPSA) is 153 Å². The molecule has 0 aromatic heterocycles. The summed E-state index contributed by atoms with van der Waals surface area (Å²) in [6.45, 7) is 0.164. The van der Waals surface area contributed by atoms with Crippen LogP contribution in [0.15, 0.2) is 18.2 Å². The summed E-state index contributed by atoms with van der Waals surface area (Å²) in [5, 5.41) is 20.2. The van der Waals surface area contributed by atoms with Crippen LogP contribution in [-0.4, -0.2) is 40.5 Å². The van der Waals surface area contributed by atoms with Gasteiger partial charge in [-0.1, -0.05) is 0 Å². The maximum absolute atomic E-state index is 11.2. The summed E-state index contributed by atoms with van der Waals surface area (Å²) in [5.74, 6) is -1.89. The first-order valence-electron chi connectivity index (χ1n) is 6.10. The number of rotatable bonds is 4. The van der Waals surface area contributed by atoms with Crippen molar-refractivity contribution in [3.05, 3.63) is 33.9 Å². The summed E-state index contributed by atoms with van der Waals surface area (Å²) in [6.07, 6.45) is 0.153. The predicted octanol–water partition coefficient (Wildman–Crippen LogP) is -0.314. The molecule has 0 bridgehead atoms. The van der Waals surface area contributed by atoms with Crippen molar-refractivity contribution in [1.82, 2.24) is 0 Å². The van der Waals surface area contributed by atoms with Crippen molar-refractivity contribution >= 4 is 23.3 Å². The van der Waals surface area contributed by atoms with Gasteiger partial charge in [-0.3, -0.25) is 19.7 Å². The maximum atomic E-state index is 11.2. The third-order valence-corrected chi connectivity index (χ3v) is 3.52. The molecule has 0 spiro atoms. The van der Waals surface area contributed by atoms with Crippen molar-refractivity contribution < 1.29 is 19.6 Å². The minimum Gasteiger partial charge on any atom is -0.480 e. The highest BCUT2D eigenvalue weighted by Crippen LogP contribution is 2.33. The van der Waals surface area contributed by atoms with Crippen LogP contribution in [0, 0.1) is 10.1 Å². The number of nitrogens with zero attached hydrogens (tertiary/aromatic N) is 2. The van der Waals surface area contributed by atoms with Crippen LogP contribution in [0.5, 0.6) is 0 Å². The quantitative estimate of drug-likeness (QED) is 0.508. The van der Waals surface area contributed by atoms with Crippen molar-refractivity contribution in [2.24, 2.45) is 11.5 Å². The van der Waals surface area contributed by atoms with Gasteiger partial charge >= 0.3 is 5.97 Å². The number of primary amides is 1. The first-order chi connectivity index (χ1) is 9.74. The van der Waals surface area contributed by atoms with Crippen LogP contribution in [0.3, 0.4) is 0 Å². The molecule has 1 saturated heterocycles. The van der Waals surface area contributed by atoms with E-state index in [1.54, 1.807) is 0 Å². The van der Waals surface area contributed by atoms with Gasteiger partial charge in [-0.2, -0.15) is 0 Å². The number of hydrogen-bond donors (Lipinski definition) is 3. The SMILES string of the molecule is NC(=O)c1ccc([N+](=O)[O-])c(N2CCC(N)(C(=O)O)C2)c1. The fraction of sp³-hybridized carbons (Fsp3) is 0.333. The Kier molecular flexibility index (Phi) is 3.52. The largest absolute Gasteiger partial charge is 0.480 e. The van der Waals surface area contributed by atoms with Gasteiger partial charge in [0, 0.05) is 24.7 Å². The van der Waals surface area contributed by atoms with Crippen molar-refractivity contribution in [1.29, 1.82) is 0 Å². The van der Waals surface area contributed by atoms with E-state index in [4.69, 9.17) is 16.6 Å². The predicted molar refractivity (Wildman–Crippen MR) is 73.0 cm³/mol. The molecular formula is C12H14N4O5. The van der Waals surface area contributed by atoms with E-state index in [9.17, 15) is 19.7 Å². The first kappa shape index (κ1) is 14.7. The zero-order valence-electron chi connectivity index (χ0n) is 11.0. The molecule has 0 aliphatic carbocycles. The Bertz CT molecular complexity index is 632. The first-order valence-corrected chi connectivity index (χ1v) is 6.10. The Morgan fingerprint density at radius 2 is 2.10 bits per heavy atom. The lowest BCUT2D eigenvalue weighted by Crippen LogP contribution is -2.50. The molecule has 1 heterocycles. The molecule has 1 fully saturated rings. The number of carboxylic acid groups (broad SMARTS) is 1. The Morgan fingerprint density at radius 3 is 2.57 bits per heavy atom. The molecule has 0 radical (unpaired) electrons. The average Bonchev–Trinajstić information content (AvgIpc) is 2.82. The van der Waals surface area contributed by atoms with Gasteiger partial charge in [0.1, 0.15) is 11.2 Å². The van der Waals surface area contributed by atoms with Gasteiger partial charge in [0.05, 0.1) is 4.92 Å². The van der Waals surface area contributed by atoms with Crippen LogP contribution in [0.4, 0.5) is 11.4 Å². The molecule has 1 amide bonds. The molecule has 9 heteroatoms. The molecular weight excluding hydrogens is 280 g/mol. The Balaban J connectivity index is 2.43. The average molecular weight is 294 g/mol. The normalized spacial score (nSPS) is 21.3. The monoisotopic (exact) mass is 294 g/mol. The Labute approximate surface area is 119 Å². The smallest absolute Gasteiger partial charge is 0.325 e. The third-order valence-electron chi connectivity index (χ3n) is 3.52. The molecule has 1 aliphatic rings. The third kappa shape index (κ3) is 2.63. The van der Waals surface area contributed by atoms with Crippen molar-refractivity contribution in [2.45, 2.75) is 12.0 Å². The van der Waals surface area contributed by atoms with E-state index < -0.39 is 22.3 Å². The van der Waals surface area contributed by atoms with Gasteiger partial charge in [0.15, 0.2) is 0 Å². The zero-order chi connectivity index (χ0) is 15.8. The van der Waals surface area contributed by atoms with Gasteiger partial charge in [0.2, 0.25) is 5.91 Å². The second kappa shape index (κ2) is 5.02. The number of benzene rings is 1. The highest BCUT2D eigenvalue weighted by atomic mass is 16.6. The standard InChI is InChI=1S/C12H14N4O5/c13-10(17)7-1-2-8(16(20)21)9(5-7)15-4-3-12(14,6-15)11(18)19/h1-2,5H,3-4,6,14H2,(H2,13,17)(H,18,19). The Morgan fingerprint density at radius 1 is 1.43 bits per heavy atom. The minimum atomic E-state index is -1.46. The molecule has 1 aromatic rings. The number of carboxylic acids is 1. The van der Waals surface area contributed by atoms with Gasteiger partial charge < -0.3 is 21.5 Å². The second-order valence-electron chi connectivity index (χ2n) is 4.96. The number of aliphatic carboxylic acids is 1. The van der Waals surface area contributed by atoms with E-state index in [1.165, 1.54) is 23.1 Å². The van der Waals surface area contributed by atoms with E-state index >= 15 is 0 Å². The number of carbonyl (C=O) groups is 2. The lowest BCUT2D eigenvalue weighted by molar-refractivity contribution is -0.384. The maximum Gasteiger partial charge on any atom is 0.325 e. The van der Waals surface area contributed by atoms with Gasteiger partial charge in [-0.25, -0.2) is 0 Å². The van der Waals surface area contributed by atoms with Gasteiger partial charge in [-0.05, 0) is 18.6 Å². The fourth-order valence-electron chi connectivity index (χ4n) is 2.30. The molecule has 1 aromatic carbocycles. The number of hydrogen-bond acceptors (Lipinski definition) is 6. The van der Waals surface area contributed by atoms with Crippen LogP contribution in [0.1, 0.15) is 16.8 Å². The lowest BCUT2D eigenvalue weighted by atomic mass is 10.0. The molecule has 0 saturated carbocycles. The number of nitro benzene ring substituents is 1. The highest BCUT2D eigenvalue weighted by Gasteiger charge is 2.42. The molecule has 1 unspecified atom stereocenters. The van der Waals surface area contributed by atoms with Crippen LogP contribution in [-0.2, 0) is 4.79 Å². The minimum absolute atomic E-state index is 0.0780. The summed E-state index contributed by atoms with van der Waals surface area (Å²) < 4.78 is 0. The molecule has 112 valence electrons. The molecule has 1 atom stereocenters. The van der Waals surface area contributed by atoms with Crippen LogP contribution in [0.2, 0.25) is 0 Å². The van der Waals surface area contributed by atoms with E-state index in [1.807, 2.05) is 0 Å². The van der Waals surface area contributed by atoms with E-state index in [-0.39, 0.29) is 36.4 Å². The van der Waals surface area contributed by atoms with Crippen LogP contribution < -0.4 is 16.4 Å². The van der Waals surface area contributed by atoms with Crippen molar-refractivity contribution in [2.75, 3.05) is 18.0 Å². The lowest BCUT2D eigenvalue weighted by Gasteiger charge is -2.21. The summed E-state index contributed by atoms with van der Waals surface area (Å²) in [6, 6.07) is 3.72. The second-order valence-corrected chi connectivity index (χ2v) is 4.96. The number of nitro groups is 1. The zero-order valence-corrected chi connectivity index (χ0v) is 11.0. The summed E-state index contributed by atoms with van der Waals surface area (Å²) in [4.78, 5) is 34.3. The highest BCUT2D eigenvalue weighted by molar-refractivity contribution is 5.95. The van der Waals surface area contributed by atoms with Crippen LogP contribution in [0.25, 0.3) is 0 Å². The molecule has 5 N–H and O–H groups in total. The summed E-state index contributed by atoms with van der Waals surface area (Å²) in [5.41, 5.74) is 9.48. The molecule has 2 rings (SSSR count). The number of amides is 1. The van der Waals surface area contributed by atoms with Crippen LogP contribution >= 0.6 is 0 Å². The van der Waals surface area contributed by atoms with E-state index in [0.29, 0.717) is 0 Å². The summed E-state index contributed by atoms with van der Waals surface area (Å²) in [7, 11) is 0. The number of nitrogens with two attached hydrogens (primary N) is 2. The van der Waals surface area contributed by atoms with E-state index in [0.717, 1.165) is 0 Å². The number of carbonyl (C=O) groups excluding carboxylic acids is 1. The van der Waals surface area contributed by atoms with Gasteiger partial charge in [-0.15, -0.1) is 0 Å². The summed E-state index contributed by atoms with van der Waals surface area (Å²) >= 11 is 0. The van der Waals surface area contributed by atoms with Crippen molar-refractivity contribution in [3.63, 3.8) is 0 Å². The van der Waals surface area contributed by atoms with Gasteiger partial charge in [0.25, 0.3) is 5.69 Å². The fourth-order valence-corrected chi connectivity index (χ4v) is 2.30. The van der Waals surface area contributed by atoms with Crippen molar-refractivity contribution in [3.8, 4) is 0 Å². The molecule has 1 aliphatic heterocycles.